The number of carbonyl (C=O) groups excluding carboxylic acids is 1. The van der Waals surface area contributed by atoms with Crippen LogP contribution in [0, 0.1) is 0 Å². The van der Waals surface area contributed by atoms with E-state index in [9.17, 15) is 4.79 Å². The molecule has 2 aliphatic rings. The minimum atomic E-state index is 0.179. The van der Waals surface area contributed by atoms with E-state index in [4.69, 9.17) is 4.74 Å². The van der Waals surface area contributed by atoms with E-state index in [0.29, 0.717) is 25.6 Å². The Bertz CT molecular complexity index is 901. The molecule has 2 aromatic rings. The zero-order valence-corrected chi connectivity index (χ0v) is 18.5. The van der Waals surface area contributed by atoms with Crippen LogP contribution in [0.1, 0.15) is 75.7 Å². The summed E-state index contributed by atoms with van der Waals surface area (Å²) in [6.07, 6.45) is 14.3. The average molecular weight is 424 g/mol. The Morgan fingerprint density at radius 3 is 2.87 bits per heavy atom. The Balaban J connectivity index is 1.30. The summed E-state index contributed by atoms with van der Waals surface area (Å²) in [6, 6.07) is 6.49. The van der Waals surface area contributed by atoms with Gasteiger partial charge in [0, 0.05) is 24.9 Å². The van der Waals surface area contributed by atoms with Gasteiger partial charge in [-0.2, -0.15) is 0 Å². The number of amides is 1. The lowest BCUT2D eigenvalue weighted by Gasteiger charge is -2.29. The molecule has 0 spiro atoms. The number of anilines is 1. The van der Waals surface area contributed by atoms with E-state index in [0.717, 1.165) is 48.5 Å². The first-order chi connectivity index (χ1) is 15.3. The molecule has 0 saturated heterocycles. The molecule has 0 atom stereocenters. The first-order valence-electron chi connectivity index (χ1n) is 11.7. The lowest BCUT2D eigenvalue weighted by atomic mass is 9.95. The lowest BCUT2D eigenvalue weighted by molar-refractivity contribution is -0.118. The van der Waals surface area contributed by atoms with Gasteiger partial charge in [0.1, 0.15) is 5.75 Å². The molecule has 1 aromatic heterocycles. The van der Waals surface area contributed by atoms with E-state index in [1.54, 1.807) is 0 Å². The van der Waals surface area contributed by atoms with Gasteiger partial charge in [0.05, 0.1) is 18.3 Å². The van der Waals surface area contributed by atoms with E-state index < -0.39 is 0 Å². The van der Waals surface area contributed by atoms with Crippen molar-refractivity contribution in [3.63, 3.8) is 0 Å². The summed E-state index contributed by atoms with van der Waals surface area (Å²) in [6.45, 7) is 3.24. The highest BCUT2D eigenvalue weighted by atomic mass is 16.5. The predicted octanol–water partition coefficient (Wildman–Crippen LogP) is 4.44. The van der Waals surface area contributed by atoms with Crippen molar-refractivity contribution < 1.29 is 9.53 Å². The molecule has 2 heterocycles. The zero-order chi connectivity index (χ0) is 21.5. The van der Waals surface area contributed by atoms with Crippen molar-refractivity contribution in [3.05, 3.63) is 41.7 Å². The third-order valence-corrected chi connectivity index (χ3v) is 6.35. The Morgan fingerprint density at radius 2 is 2.03 bits per heavy atom. The van der Waals surface area contributed by atoms with Gasteiger partial charge in [0.25, 0.3) is 0 Å². The van der Waals surface area contributed by atoms with Crippen LogP contribution in [0.4, 0.5) is 5.69 Å². The fourth-order valence-electron chi connectivity index (χ4n) is 4.66. The van der Waals surface area contributed by atoms with Gasteiger partial charge in [0.15, 0.2) is 5.82 Å². The van der Waals surface area contributed by atoms with Crippen LogP contribution in [-0.2, 0) is 17.6 Å². The molecule has 0 radical (unpaired) electrons. The highest BCUT2D eigenvalue weighted by Gasteiger charge is 2.25. The monoisotopic (exact) mass is 423 g/mol. The number of carbonyl (C=O) groups is 1. The maximum atomic E-state index is 12.4. The molecule has 7 nitrogen and oxygen atoms in total. The number of aromatic nitrogens is 4. The van der Waals surface area contributed by atoms with Gasteiger partial charge in [-0.3, -0.25) is 4.79 Å². The summed E-state index contributed by atoms with van der Waals surface area (Å²) < 4.78 is 8.20. The van der Waals surface area contributed by atoms with E-state index in [1.165, 1.54) is 32.1 Å². The maximum absolute atomic E-state index is 12.4. The largest absolute Gasteiger partial charge is 0.493 e. The normalized spacial score (nSPS) is 17.3. The highest BCUT2D eigenvalue weighted by molar-refractivity contribution is 5.97. The van der Waals surface area contributed by atoms with Gasteiger partial charge >= 0.3 is 0 Å². The van der Waals surface area contributed by atoms with Crippen LogP contribution in [0.15, 0.2) is 30.4 Å². The number of ether oxygens (including phenoxy) is 1. The van der Waals surface area contributed by atoms with Gasteiger partial charge < -0.3 is 9.64 Å². The molecule has 31 heavy (non-hydrogen) atoms. The molecule has 1 saturated carbocycles. The molecule has 7 heteroatoms. The Labute approximate surface area is 184 Å². The molecule has 1 aliphatic carbocycles. The maximum Gasteiger partial charge on any atom is 0.227 e. The zero-order valence-electron chi connectivity index (χ0n) is 18.5. The summed E-state index contributed by atoms with van der Waals surface area (Å²) in [5.74, 6) is 2.09. The topological polar surface area (TPSA) is 73.1 Å². The van der Waals surface area contributed by atoms with Crippen LogP contribution < -0.4 is 9.64 Å². The molecule has 4 rings (SSSR count). The van der Waals surface area contributed by atoms with E-state index in [1.807, 2.05) is 42.2 Å². The predicted molar refractivity (Wildman–Crippen MR) is 120 cm³/mol. The third kappa shape index (κ3) is 5.14. The average Bonchev–Trinajstić information content (AvgIpc) is 3.27. The SMILES string of the molecule is CC=CCN1C(=O)CCc2c(OCCCCc3nnnn3C3CCCCC3)cccc21. The molecule has 0 unspecified atom stereocenters. The van der Waals surface area contributed by atoms with Crippen LogP contribution in [-0.4, -0.2) is 39.3 Å². The fourth-order valence-corrected chi connectivity index (χ4v) is 4.66. The first-order valence-corrected chi connectivity index (χ1v) is 11.7. The number of hydrogen-bond donors (Lipinski definition) is 0. The van der Waals surface area contributed by atoms with Crippen molar-refractivity contribution >= 4 is 11.6 Å². The van der Waals surface area contributed by atoms with E-state index >= 15 is 0 Å². The Morgan fingerprint density at radius 1 is 1.16 bits per heavy atom. The standard InChI is InChI=1S/C24H33N5O2/c1-2-3-17-28-21-12-9-13-22(20(21)15-16-24(28)30)31-18-8-7-14-23-25-26-27-29(23)19-10-5-4-6-11-19/h2-3,9,12-13,19H,4-8,10-11,14-18H2,1H3. The number of benzene rings is 1. The van der Waals surface area contributed by atoms with Crippen molar-refractivity contribution in [1.29, 1.82) is 0 Å². The molecule has 166 valence electrons. The van der Waals surface area contributed by atoms with E-state index in [-0.39, 0.29) is 5.91 Å². The van der Waals surface area contributed by atoms with Crippen molar-refractivity contribution in [2.75, 3.05) is 18.1 Å². The molecule has 1 aliphatic heterocycles. The second-order valence-corrected chi connectivity index (χ2v) is 8.46. The van der Waals surface area contributed by atoms with Crippen LogP contribution in [0.2, 0.25) is 0 Å². The summed E-state index contributed by atoms with van der Waals surface area (Å²) in [4.78, 5) is 14.2. The summed E-state index contributed by atoms with van der Waals surface area (Å²) in [5, 5.41) is 12.4. The van der Waals surface area contributed by atoms with E-state index in [2.05, 4.69) is 20.2 Å². The molecule has 1 aromatic carbocycles. The first kappa shape index (κ1) is 21.5. The second kappa shape index (κ2) is 10.6. The van der Waals surface area contributed by atoms with Crippen LogP contribution in [0.5, 0.6) is 5.75 Å². The van der Waals surface area contributed by atoms with Crippen molar-refractivity contribution in [2.45, 2.75) is 77.2 Å². The number of aryl methyl sites for hydroxylation is 1. The van der Waals surface area contributed by atoms with Crippen molar-refractivity contribution in [3.8, 4) is 5.75 Å². The molecule has 0 N–H and O–H groups in total. The van der Waals surface area contributed by atoms with Crippen LogP contribution in [0.3, 0.4) is 0 Å². The lowest BCUT2D eigenvalue weighted by Crippen LogP contribution is -2.35. The molecule has 0 bridgehead atoms. The summed E-state index contributed by atoms with van der Waals surface area (Å²) >= 11 is 0. The van der Waals surface area contributed by atoms with Crippen molar-refractivity contribution in [1.82, 2.24) is 20.2 Å². The second-order valence-electron chi connectivity index (χ2n) is 8.46. The quantitative estimate of drug-likeness (QED) is 0.440. The molecule has 1 amide bonds. The van der Waals surface area contributed by atoms with Crippen LogP contribution in [0.25, 0.3) is 0 Å². The number of rotatable bonds is 9. The van der Waals surface area contributed by atoms with Crippen LogP contribution >= 0.6 is 0 Å². The van der Waals surface area contributed by atoms with Gasteiger partial charge in [-0.05, 0) is 61.6 Å². The van der Waals surface area contributed by atoms with Crippen molar-refractivity contribution in [2.24, 2.45) is 0 Å². The number of allylic oxidation sites excluding steroid dienone is 1. The Hall–Kier alpha value is -2.70. The molecule has 1 fully saturated rings. The number of hydrogen-bond acceptors (Lipinski definition) is 5. The number of unbranched alkanes of at least 4 members (excludes halogenated alkanes) is 1. The number of nitrogens with zero attached hydrogens (tertiary/aromatic N) is 5. The highest BCUT2D eigenvalue weighted by Crippen LogP contribution is 2.35. The number of tetrazole rings is 1. The number of fused-ring (bicyclic) bond motifs is 1. The third-order valence-electron chi connectivity index (χ3n) is 6.35. The fraction of sp³-hybridized carbons (Fsp3) is 0.583. The summed E-state index contributed by atoms with van der Waals surface area (Å²) in [7, 11) is 0. The molecular weight excluding hydrogens is 390 g/mol. The smallest absolute Gasteiger partial charge is 0.227 e. The Kier molecular flexibility index (Phi) is 7.33. The molecular formula is C24H33N5O2. The van der Waals surface area contributed by atoms with Gasteiger partial charge in [-0.15, -0.1) is 5.10 Å². The minimum absolute atomic E-state index is 0.179. The summed E-state index contributed by atoms with van der Waals surface area (Å²) in [5.41, 5.74) is 2.13. The van der Waals surface area contributed by atoms with Gasteiger partial charge in [-0.25, -0.2) is 4.68 Å². The van der Waals surface area contributed by atoms with Gasteiger partial charge in [-0.1, -0.05) is 37.5 Å². The minimum Gasteiger partial charge on any atom is -0.493 e. The van der Waals surface area contributed by atoms with Gasteiger partial charge in [0.2, 0.25) is 5.91 Å².